The van der Waals surface area contributed by atoms with Gasteiger partial charge in [0.25, 0.3) is 0 Å². The smallest absolute Gasteiger partial charge is 0.249 e. The lowest BCUT2D eigenvalue weighted by molar-refractivity contribution is 0.0999. The number of carbonyl (C=O) groups excluding carboxylic acids is 1. The van der Waals surface area contributed by atoms with E-state index in [4.69, 9.17) is 10.5 Å². The number of amides is 1. The quantitative estimate of drug-likeness (QED) is 0.532. The number of carbonyl (C=O) groups is 1. The van der Waals surface area contributed by atoms with E-state index in [1.165, 1.54) is 18.2 Å². The number of H-pyrrole nitrogens is 1. The largest absolute Gasteiger partial charge is 0.484 e. The molecule has 3 aromatic rings. The van der Waals surface area contributed by atoms with Crippen LogP contribution >= 0.6 is 0 Å². The Morgan fingerprint density at radius 3 is 2.73 bits per heavy atom. The number of ether oxygens (including phenoxy) is 1. The van der Waals surface area contributed by atoms with Gasteiger partial charge in [0.2, 0.25) is 5.91 Å². The summed E-state index contributed by atoms with van der Waals surface area (Å²) in [5.74, 6) is -2.32. The standard InChI is InChI=1S/C25H24F3N3O2/c26-15-9-19-14(12-30-23(19)22(28)10-15)3-2-8-31(16-4-1-5-16)17-11-20-18(25(29)32)6-7-21(27)24(20)33-13-17/h6-7,9-12,16,30H,1-5,8,13H2,(H2,29,32). The van der Waals surface area contributed by atoms with Gasteiger partial charge >= 0.3 is 0 Å². The van der Waals surface area contributed by atoms with Crippen molar-refractivity contribution in [3.8, 4) is 5.75 Å². The number of fused-ring (bicyclic) bond motifs is 2. The van der Waals surface area contributed by atoms with E-state index in [1.54, 1.807) is 12.3 Å². The molecule has 0 unspecified atom stereocenters. The number of hydrogen-bond donors (Lipinski definition) is 2. The molecule has 1 aliphatic heterocycles. The van der Waals surface area contributed by atoms with E-state index < -0.39 is 23.4 Å². The van der Waals surface area contributed by atoms with Crippen LogP contribution in [0.1, 0.15) is 47.2 Å². The SMILES string of the molecule is NC(=O)c1ccc(F)c2c1C=C(N(CCCc1c[nH]c3c(F)cc(F)cc13)C1CCC1)CO2. The van der Waals surface area contributed by atoms with Gasteiger partial charge in [0, 0.05) is 35.8 Å². The molecule has 5 nitrogen and oxygen atoms in total. The predicted octanol–water partition coefficient (Wildman–Crippen LogP) is 4.90. The second-order valence-corrected chi connectivity index (χ2v) is 8.63. The number of halogens is 3. The summed E-state index contributed by atoms with van der Waals surface area (Å²) in [4.78, 5) is 17.0. The molecule has 0 saturated heterocycles. The van der Waals surface area contributed by atoms with Crippen molar-refractivity contribution in [2.45, 2.75) is 38.1 Å². The van der Waals surface area contributed by atoms with Crippen LogP contribution in [0.4, 0.5) is 13.2 Å². The first-order valence-electron chi connectivity index (χ1n) is 11.1. The van der Waals surface area contributed by atoms with Gasteiger partial charge < -0.3 is 20.4 Å². The van der Waals surface area contributed by atoms with E-state index in [0.29, 0.717) is 35.5 Å². The fraction of sp³-hybridized carbons (Fsp3) is 0.320. The van der Waals surface area contributed by atoms with Gasteiger partial charge in [-0.25, -0.2) is 13.2 Å². The molecule has 1 aliphatic carbocycles. The Kier molecular flexibility index (Phi) is 5.52. The second-order valence-electron chi connectivity index (χ2n) is 8.63. The molecule has 0 bridgehead atoms. The average Bonchev–Trinajstić information content (AvgIpc) is 3.14. The van der Waals surface area contributed by atoms with Crippen LogP contribution in [-0.4, -0.2) is 35.0 Å². The molecule has 2 aromatic carbocycles. The van der Waals surface area contributed by atoms with Crippen LogP contribution < -0.4 is 10.5 Å². The third-order valence-electron chi connectivity index (χ3n) is 6.61. The molecule has 0 spiro atoms. The lowest BCUT2D eigenvalue weighted by Crippen LogP contribution is -2.42. The first-order valence-corrected chi connectivity index (χ1v) is 11.1. The molecular weight excluding hydrogens is 431 g/mol. The highest BCUT2D eigenvalue weighted by Crippen LogP contribution is 2.36. The Bertz CT molecular complexity index is 1260. The summed E-state index contributed by atoms with van der Waals surface area (Å²) in [5.41, 5.74) is 8.12. The van der Waals surface area contributed by atoms with Crippen molar-refractivity contribution < 1.29 is 22.7 Å². The van der Waals surface area contributed by atoms with Crippen LogP contribution in [0, 0.1) is 17.5 Å². The minimum absolute atomic E-state index is 0.0476. The van der Waals surface area contributed by atoms with Gasteiger partial charge in [-0.1, -0.05) is 0 Å². The normalized spacial score (nSPS) is 15.5. The highest BCUT2D eigenvalue weighted by molar-refractivity contribution is 5.98. The van der Waals surface area contributed by atoms with Gasteiger partial charge in [-0.05, 0) is 61.9 Å². The zero-order chi connectivity index (χ0) is 23.1. The molecule has 2 heterocycles. The Balaban J connectivity index is 1.38. The van der Waals surface area contributed by atoms with E-state index in [9.17, 15) is 18.0 Å². The van der Waals surface area contributed by atoms with Gasteiger partial charge in [0.1, 0.15) is 18.2 Å². The molecule has 5 rings (SSSR count). The van der Waals surface area contributed by atoms with Crippen LogP contribution in [0.3, 0.4) is 0 Å². The summed E-state index contributed by atoms with van der Waals surface area (Å²) in [5, 5.41) is 0.554. The van der Waals surface area contributed by atoms with Crippen LogP contribution in [-0.2, 0) is 6.42 Å². The summed E-state index contributed by atoms with van der Waals surface area (Å²) in [6.45, 7) is 0.896. The van der Waals surface area contributed by atoms with E-state index in [0.717, 1.165) is 43.0 Å². The molecule has 1 saturated carbocycles. The molecule has 1 amide bonds. The second kappa shape index (κ2) is 8.50. The molecule has 1 aromatic heterocycles. The zero-order valence-corrected chi connectivity index (χ0v) is 18.0. The van der Waals surface area contributed by atoms with Crippen LogP contribution in [0.25, 0.3) is 17.0 Å². The minimum Gasteiger partial charge on any atom is -0.484 e. The average molecular weight is 455 g/mol. The van der Waals surface area contributed by atoms with Crippen molar-refractivity contribution in [2.24, 2.45) is 5.73 Å². The lowest BCUT2D eigenvalue weighted by atomic mass is 9.90. The molecule has 1 fully saturated rings. The predicted molar refractivity (Wildman–Crippen MR) is 119 cm³/mol. The van der Waals surface area contributed by atoms with Crippen LogP contribution in [0.5, 0.6) is 5.75 Å². The van der Waals surface area contributed by atoms with E-state index >= 15 is 0 Å². The highest BCUT2D eigenvalue weighted by Gasteiger charge is 2.30. The van der Waals surface area contributed by atoms with E-state index in [2.05, 4.69) is 9.88 Å². The maximum absolute atomic E-state index is 14.2. The molecular formula is C25H24F3N3O2. The van der Waals surface area contributed by atoms with Gasteiger partial charge in [-0.2, -0.15) is 0 Å². The molecule has 0 radical (unpaired) electrons. The number of nitrogens with one attached hydrogen (secondary N) is 1. The Labute approximate surface area is 189 Å². The number of nitrogens with two attached hydrogens (primary N) is 1. The summed E-state index contributed by atoms with van der Waals surface area (Å²) < 4.78 is 47.7. The number of aromatic nitrogens is 1. The Morgan fingerprint density at radius 2 is 2.00 bits per heavy atom. The molecule has 8 heteroatoms. The zero-order valence-electron chi connectivity index (χ0n) is 18.0. The first kappa shape index (κ1) is 21.4. The topological polar surface area (TPSA) is 71.4 Å². The summed E-state index contributed by atoms with van der Waals surface area (Å²) in [6.07, 6.45) is 8.13. The number of hydrogen-bond acceptors (Lipinski definition) is 3. The van der Waals surface area contributed by atoms with Gasteiger partial charge in [-0.3, -0.25) is 4.79 Å². The van der Waals surface area contributed by atoms with Crippen molar-refractivity contribution in [3.63, 3.8) is 0 Å². The van der Waals surface area contributed by atoms with Crippen molar-refractivity contribution in [3.05, 3.63) is 70.3 Å². The fourth-order valence-corrected chi connectivity index (χ4v) is 4.71. The monoisotopic (exact) mass is 455 g/mol. The molecule has 172 valence electrons. The number of aromatic amines is 1. The van der Waals surface area contributed by atoms with Crippen LogP contribution in [0.2, 0.25) is 0 Å². The Morgan fingerprint density at radius 1 is 1.18 bits per heavy atom. The molecule has 3 N–H and O–H groups in total. The summed E-state index contributed by atoms with van der Waals surface area (Å²) in [7, 11) is 0. The number of nitrogens with zero attached hydrogens (tertiary/aromatic N) is 1. The number of aryl methyl sites for hydroxylation is 1. The number of benzene rings is 2. The van der Waals surface area contributed by atoms with Gasteiger partial charge in [0.15, 0.2) is 11.6 Å². The van der Waals surface area contributed by atoms with Crippen molar-refractivity contribution >= 4 is 22.9 Å². The van der Waals surface area contributed by atoms with Crippen LogP contribution in [0.15, 0.2) is 36.2 Å². The van der Waals surface area contributed by atoms with E-state index in [1.807, 2.05) is 0 Å². The third kappa shape index (κ3) is 3.94. The van der Waals surface area contributed by atoms with Gasteiger partial charge in [-0.15, -0.1) is 0 Å². The summed E-state index contributed by atoms with van der Waals surface area (Å²) in [6, 6.07) is 5.13. The molecule has 33 heavy (non-hydrogen) atoms. The van der Waals surface area contributed by atoms with Gasteiger partial charge in [0.05, 0.1) is 16.8 Å². The molecule has 2 aliphatic rings. The highest BCUT2D eigenvalue weighted by atomic mass is 19.1. The maximum atomic E-state index is 14.2. The number of rotatable bonds is 7. The Hall–Kier alpha value is -3.42. The maximum Gasteiger partial charge on any atom is 0.249 e. The molecule has 0 atom stereocenters. The van der Waals surface area contributed by atoms with Crippen molar-refractivity contribution in [2.75, 3.05) is 13.2 Å². The third-order valence-corrected chi connectivity index (χ3v) is 6.61. The fourth-order valence-electron chi connectivity index (χ4n) is 4.71. The minimum atomic E-state index is -0.638. The lowest BCUT2D eigenvalue weighted by Gasteiger charge is -2.41. The van der Waals surface area contributed by atoms with Crippen molar-refractivity contribution in [1.29, 1.82) is 0 Å². The first-order chi connectivity index (χ1) is 15.9. The van der Waals surface area contributed by atoms with Crippen molar-refractivity contribution in [1.82, 2.24) is 9.88 Å². The summed E-state index contributed by atoms with van der Waals surface area (Å²) >= 11 is 0. The van der Waals surface area contributed by atoms with E-state index in [-0.39, 0.29) is 17.9 Å². The number of primary amides is 1.